The number of nitrogens with zero attached hydrogens (tertiary/aromatic N) is 4. The molecule has 0 atom stereocenters. The predicted molar refractivity (Wildman–Crippen MR) is 125 cm³/mol. The van der Waals surface area contributed by atoms with Crippen molar-refractivity contribution in [1.82, 2.24) is 24.3 Å². The Bertz CT molecular complexity index is 1370. The first kappa shape index (κ1) is 22.3. The SMILES string of the molecule is Cc1ccc2nc(Cn3ccc4c(OCCNC(=O)OC(C)(C)C)cncc4c3=O)cn2c1. The molecule has 0 radical (unpaired) electrons. The lowest BCUT2D eigenvalue weighted by atomic mass is 10.2. The lowest BCUT2D eigenvalue weighted by molar-refractivity contribution is 0.0520. The van der Waals surface area contributed by atoms with Crippen molar-refractivity contribution in [2.45, 2.75) is 39.8 Å². The molecule has 4 aromatic heterocycles. The molecular formula is C24H27N5O4. The highest BCUT2D eigenvalue weighted by molar-refractivity contribution is 5.86. The van der Waals surface area contributed by atoms with E-state index < -0.39 is 11.7 Å². The lowest BCUT2D eigenvalue weighted by Gasteiger charge is -2.19. The minimum atomic E-state index is -0.563. The summed E-state index contributed by atoms with van der Waals surface area (Å²) < 4.78 is 14.5. The number of carbonyl (C=O) groups is 1. The molecule has 0 aliphatic rings. The molecule has 9 heteroatoms. The summed E-state index contributed by atoms with van der Waals surface area (Å²) in [6.07, 6.45) is 8.24. The molecular weight excluding hydrogens is 422 g/mol. The van der Waals surface area contributed by atoms with Crippen molar-refractivity contribution >= 4 is 22.5 Å². The fourth-order valence-corrected chi connectivity index (χ4v) is 3.45. The fraction of sp³-hybridized carbons (Fsp3) is 0.333. The minimum Gasteiger partial charge on any atom is -0.489 e. The molecule has 4 aromatic rings. The summed E-state index contributed by atoms with van der Waals surface area (Å²) in [4.78, 5) is 33.6. The number of rotatable bonds is 6. The Labute approximate surface area is 191 Å². The van der Waals surface area contributed by atoms with Gasteiger partial charge in [-0.1, -0.05) is 6.07 Å². The quantitative estimate of drug-likeness (QED) is 0.454. The Hall–Kier alpha value is -3.88. The van der Waals surface area contributed by atoms with Crippen molar-refractivity contribution in [2.24, 2.45) is 0 Å². The Kier molecular flexibility index (Phi) is 6.04. The van der Waals surface area contributed by atoms with Gasteiger partial charge in [-0.15, -0.1) is 0 Å². The molecule has 0 unspecified atom stereocenters. The van der Waals surface area contributed by atoms with E-state index in [1.165, 1.54) is 6.20 Å². The Morgan fingerprint density at radius 1 is 1.12 bits per heavy atom. The fourth-order valence-electron chi connectivity index (χ4n) is 3.45. The van der Waals surface area contributed by atoms with E-state index in [1.54, 1.807) is 37.7 Å². The topological polar surface area (TPSA) is 99.8 Å². The van der Waals surface area contributed by atoms with Crippen LogP contribution in [0.5, 0.6) is 5.75 Å². The number of hydrogen-bond acceptors (Lipinski definition) is 6. The minimum absolute atomic E-state index is 0.175. The second kappa shape index (κ2) is 8.93. The monoisotopic (exact) mass is 449 g/mol. The highest BCUT2D eigenvalue weighted by Gasteiger charge is 2.16. The molecule has 1 N–H and O–H groups in total. The third kappa shape index (κ3) is 5.31. The molecule has 33 heavy (non-hydrogen) atoms. The number of amides is 1. The number of carbonyl (C=O) groups excluding carboxylic acids is 1. The van der Waals surface area contributed by atoms with Gasteiger partial charge in [0.05, 0.1) is 30.4 Å². The summed E-state index contributed by atoms with van der Waals surface area (Å²) in [6.45, 7) is 8.24. The summed E-state index contributed by atoms with van der Waals surface area (Å²) in [7, 11) is 0. The van der Waals surface area contributed by atoms with Crippen LogP contribution in [0.25, 0.3) is 16.4 Å². The number of alkyl carbamates (subject to hydrolysis) is 1. The van der Waals surface area contributed by atoms with Crippen LogP contribution in [0, 0.1) is 6.92 Å². The Balaban J connectivity index is 1.47. The van der Waals surface area contributed by atoms with Crippen molar-refractivity contribution in [1.29, 1.82) is 0 Å². The van der Waals surface area contributed by atoms with E-state index in [-0.39, 0.29) is 18.7 Å². The van der Waals surface area contributed by atoms with E-state index in [4.69, 9.17) is 9.47 Å². The second-order valence-electron chi connectivity index (χ2n) is 8.83. The standard InChI is InChI=1S/C24H27N5O4/c1-16-5-6-21-27-17(15-29(21)13-16)14-28-9-7-18-19(22(28)30)11-25-12-20(18)32-10-8-26-23(31)33-24(2,3)4/h5-7,9,11-13,15H,8,10,14H2,1-4H3,(H,26,31). The smallest absolute Gasteiger partial charge is 0.407 e. The molecule has 0 aliphatic carbocycles. The Morgan fingerprint density at radius 3 is 2.73 bits per heavy atom. The number of aryl methyl sites for hydroxylation is 1. The van der Waals surface area contributed by atoms with Crippen LogP contribution in [0.3, 0.4) is 0 Å². The van der Waals surface area contributed by atoms with Gasteiger partial charge in [0.2, 0.25) is 0 Å². The van der Waals surface area contributed by atoms with Crippen molar-refractivity contribution < 1.29 is 14.3 Å². The van der Waals surface area contributed by atoms with Gasteiger partial charge < -0.3 is 23.8 Å². The number of aromatic nitrogens is 4. The molecule has 0 fully saturated rings. The summed E-state index contributed by atoms with van der Waals surface area (Å²) in [6, 6.07) is 5.78. The normalized spacial score (nSPS) is 11.6. The molecule has 172 valence electrons. The summed E-state index contributed by atoms with van der Waals surface area (Å²) in [5.74, 6) is 0.478. The van der Waals surface area contributed by atoms with Crippen LogP contribution < -0.4 is 15.6 Å². The number of pyridine rings is 3. The maximum absolute atomic E-state index is 13.1. The van der Waals surface area contributed by atoms with Crippen LogP contribution >= 0.6 is 0 Å². The van der Waals surface area contributed by atoms with Crippen LogP contribution in [0.4, 0.5) is 4.79 Å². The highest BCUT2D eigenvalue weighted by atomic mass is 16.6. The molecule has 0 aliphatic heterocycles. The van der Waals surface area contributed by atoms with Crippen molar-refractivity contribution in [3.63, 3.8) is 0 Å². The van der Waals surface area contributed by atoms with Gasteiger partial charge in [0.15, 0.2) is 0 Å². The summed E-state index contributed by atoms with van der Waals surface area (Å²) >= 11 is 0. The molecule has 0 bridgehead atoms. The van der Waals surface area contributed by atoms with Gasteiger partial charge in [-0.3, -0.25) is 9.78 Å². The van der Waals surface area contributed by atoms with Crippen LogP contribution in [0.1, 0.15) is 32.0 Å². The molecule has 4 heterocycles. The largest absolute Gasteiger partial charge is 0.489 e. The first-order valence-electron chi connectivity index (χ1n) is 10.7. The van der Waals surface area contributed by atoms with Gasteiger partial charge in [-0.25, -0.2) is 9.78 Å². The van der Waals surface area contributed by atoms with Gasteiger partial charge >= 0.3 is 6.09 Å². The van der Waals surface area contributed by atoms with Crippen LogP contribution in [0.2, 0.25) is 0 Å². The molecule has 9 nitrogen and oxygen atoms in total. The third-order valence-corrected chi connectivity index (χ3v) is 4.87. The molecule has 0 spiro atoms. The average molecular weight is 450 g/mol. The molecule has 0 saturated heterocycles. The van der Waals surface area contributed by atoms with Gasteiger partial charge in [-0.05, 0) is 45.4 Å². The number of fused-ring (bicyclic) bond motifs is 2. The van der Waals surface area contributed by atoms with Crippen LogP contribution in [0.15, 0.2) is 54.0 Å². The van der Waals surface area contributed by atoms with Crippen LogP contribution in [-0.2, 0) is 11.3 Å². The first-order chi connectivity index (χ1) is 15.7. The molecule has 1 amide bonds. The van der Waals surface area contributed by atoms with Crippen LogP contribution in [-0.4, -0.2) is 43.8 Å². The van der Waals surface area contributed by atoms with Gasteiger partial charge in [0.25, 0.3) is 5.56 Å². The molecule has 0 saturated carbocycles. The molecule has 0 aromatic carbocycles. The number of ether oxygens (including phenoxy) is 2. The first-order valence-corrected chi connectivity index (χ1v) is 10.7. The van der Waals surface area contributed by atoms with E-state index in [2.05, 4.69) is 15.3 Å². The van der Waals surface area contributed by atoms with E-state index >= 15 is 0 Å². The average Bonchev–Trinajstić information content (AvgIpc) is 3.13. The zero-order valence-electron chi connectivity index (χ0n) is 19.2. The van der Waals surface area contributed by atoms with Gasteiger partial charge in [0, 0.05) is 30.2 Å². The highest BCUT2D eigenvalue weighted by Crippen LogP contribution is 2.22. The van der Waals surface area contributed by atoms with Crippen molar-refractivity contribution in [2.75, 3.05) is 13.2 Å². The number of nitrogens with one attached hydrogen (secondary N) is 1. The van der Waals surface area contributed by atoms with Gasteiger partial charge in [0.1, 0.15) is 23.6 Å². The lowest BCUT2D eigenvalue weighted by Crippen LogP contribution is -2.34. The third-order valence-electron chi connectivity index (χ3n) is 4.87. The number of hydrogen-bond donors (Lipinski definition) is 1. The second-order valence-corrected chi connectivity index (χ2v) is 8.83. The maximum atomic E-state index is 13.1. The van der Waals surface area contributed by atoms with Crippen molar-refractivity contribution in [3.05, 3.63) is 70.8 Å². The molecule has 4 rings (SSSR count). The Morgan fingerprint density at radius 2 is 1.94 bits per heavy atom. The zero-order valence-corrected chi connectivity index (χ0v) is 19.2. The van der Waals surface area contributed by atoms with E-state index in [0.717, 1.165) is 16.9 Å². The summed E-state index contributed by atoms with van der Waals surface area (Å²) in [5.41, 5.74) is 2.02. The zero-order chi connectivity index (χ0) is 23.6. The number of imidazole rings is 1. The van der Waals surface area contributed by atoms with E-state index in [0.29, 0.717) is 23.1 Å². The van der Waals surface area contributed by atoms with E-state index in [1.807, 2.05) is 41.9 Å². The predicted octanol–water partition coefficient (Wildman–Crippen LogP) is 3.30. The maximum Gasteiger partial charge on any atom is 0.407 e. The van der Waals surface area contributed by atoms with Crippen molar-refractivity contribution in [3.8, 4) is 5.75 Å². The van der Waals surface area contributed by atoms with Gasteiger partial charge in [-0.2, -0.15) is 0 Å². The summed E-state index contributed by atoms with van der Waals surface area (Å²) in [5, 5.41) is 3.75. The van der Waals surface area contributed by atoms with E-state index in [9.17, 15) is 9.59 Å².